The van der Waals surface area contributed by atoms with Crippen LogP contribution in [0.1, 0.15) is 41.6 Å². The van der Waals surface area contributed by atoms with Gasteiger partial charge in [0.15, 0.2) is 0 Å². The van der Waals surface area contributed by atoms with Crippen molar-refractivity contribution in [1.82, 2.24) is 4.98 Å². The molecule has 4 N–H and O–H groups in total. The number of H-pyrrole nitrogens is 1. The Kier molecular flexibility index (Phi) is 4.16. The van der Waals surface area contributed by atoms with Crippen LogP contribution in [0.25, 0.3) is 10.2 Å². The van der Waals surface area contributed by atoms with Crippen molar-refractivity contribution >= 4 is 38.8 Å². The molecule has 0 aliphatic carbocycles. The monoisotopic (exact) mass is 355 g/mol. The van der Waals surface area contributed by atoms with Gasteiger partial charge >= 0.3 is 0 Å². The first-order chi connectivity index (χ1) is 11.7. The van der Waals surface area contributed by atoms with Gasteiger partial charge in [0.1, 0.15) is 9.71 Å². The number of hydrogen-bond donors (Lipinski definition) is 3. The van der Waals surface area contributed by atoms with Crippen LogP contribution in [0.4, 0.5) is 11.4 Å². The van der Waals surface area contributed by atoms with E-state index in [-0.39, 0.29) is 16.9 Å². The van der Waals surface area contributed by atoms with Gasteiger partial charge in [0.2, 0.25) is 5.56 Å². The van der Waals surface area contributed by atoms with E-state index in [0.29, 0.717) is 15.4 Å². The number of pyridine rings is 1. The summed E-state index contributed by atoms with van der Waals surface area (Å²) in [5, 5.41) is 3.70. The van der Waals surface area contributed by atoms with Crippen molar-refractivity contribution in [2.45, 2.75) is 33.1 Å². The molecule has 130 valence electrons. The lowest BCUT2D eigenvalue weighted by molar-refractivity contribution is 0.103. The zero-order valence-corrected chi connectivity index (χ0v) is 15.5. The van der Waals surface area contributed by atoms with Crippen LogP contribution in [-0.4, -0.2) is 10.9 Å². The van der Waals surface area contributed by atoms with E-state index in [0.717, 1.165) is 22.2 Å². The molecule has 0 spiro atoms. The number of carbonyl (C=O) groups excluding carboxylic acids is 1. The fourth-order valence-electron chi connectivity index (χ4n) is 2.93. The number of nitrogen functional groups attached to an aromatic ring is 1. The van der Waals surface area contributed by atoms with Crippen LogP contribution in [0.5, 0.6) is 0 Å². The van der Waals surface area contributed by atoms with E-state index in [4.69, 9.17) is 5.73 Å². The third kappa shape index (κ3) is 3.17. The van der Waals surface area contributed by atoms with Crippen LogP contribution in [0.3, 0.4) is 0 Å². The molecular formula is C19H21N3O2S. The van der Waals surface area contributed by atoms with E-state index in [9.17, 15) is 9.59 Å². The van der Waals surface area contributed by atoms with E-state index in [1.165, 1.54) is 17.4 Å². The Morgan fingerprint density at radius 2 is 1.92 bits per heavy atom. The minimum absolute atomic E-state index is 0.0998. The SMILES string of the molecule is Cc1cc(=O)[nH]c2sc(C(=O)Nc3ccccc3C(C)(C)C)c(N)c12. The number of rotatable bonds is 2. The second-order valence-corrected chi connectivity index (χ2v) is 8.14. The number of hydrogen-bond acceptors (Lipinski definition) is 4. The maximum Gasteiger partial charge on any atom is 0.267 e. The lowest BCUT2D eigenvalue weighted by atomic mass is 9.86. The number of carbonyl (C=O) groups is 1. The minimum atomic E-state index is -0.268. The van der Waals surface area contributed by atoms with Gasteiger partial charge in [0, 0.05) is 17.1 Å². The highest BCUT2D eigenvalue weighted by atomic mass is 32.1. The summed E-state index contributed by atoms with van der Waals surface area (Å²) in [7, 11) is 0. The van der Waals surface area contributed by atoms with Crippen molar-refractivity contribution in [3.8, 4) is 0 Å². The standard InChI is InChI=1S/C19H21N3O2S/c1-10-9-13(23)22-18-14(10)15(20)16(25-18)17(24)21-12-8-6-5-7-11(12)19(2,3)4/h5-9H,20H2,1-4H3,(H,21,24)(H,22,23). The third-order valence-electron chi connectivity index (χ3n) is 4.11. The number of thiophene rings is 1. The van der Waals surface area contributed by atoms with Crippen molar-refractivity contribution in [1.29, 1.82) is 0 Å². The summed E-state index contributed by atoms with van der Waals surface area (Å²) in [5.41, 5.74) is 8.88. The van der Waals surface area contributed by atoms with Crippen LogP contribution < -0.4 is 16.6 Å². The highest BCUT2D eigenvalue weighted by Crippen LogP contribution is 2.35. The van der Waals surface area contributed by atoms with Gasteiger partial charge in [0.05, 0.1) is 5.69 Å². The molecule has 0 atom stereocenters. The fourth-order valence-corrected chi connectivity index (χ4v) is 4.02. The molecule has 0 aliphatic rings. The molecule has 2 heterocycles. The largest absolute Gasteiger partial charge is 0.397 e. The van der Waals surface area contributed by atoms with Crippen LogP contribution in [-0.2, 0) is 5.41 Å². The number of amides is 1. The summed E-state index contributed by atoms with van der Waals surface area (Å²) >= 11 is 1.20. The minimum Gasteiger partial charge on any atom is -0.397 e. The molecule has 0 aliphatic heterocycles. The number of aryl methyl sites for hydroxylation is 1. The topological polar surface area (TPSA) is 88.0 Å². The maximum atomic E-state index is 12.8. The molecule has 2 aromatic heterocycles. The second-order valence-electron chi connectivity index (χ2n) is 7.12. The van der Waals surface area contributed by atoms with E-state index < -0.39 is 0 Å². The highest BCUT2D eigenvalue weighted by Gasteiger charge is 2.22. The summed E-state index contributed by atoms with van der Waals surface area (Å²) in [4.78, 5) is 28.2. The summed E-state index contributed by atoms with van der Waals surface area (Å²) in [6, 6.07) is 9.22. The van der Waals surface area contributed by atoms with Crippen molar-refractivity contribution in [3.05, 3.63) is 56.7 Å². The molecule has 25 heavy (non-hydrogen) atoms. The summed E-state index contributed by atoms with van der Waals surface area (Å²) in [6.07, 6.45) is 0. The summed E-state index contributed by atoms with van der Waals surface area (Å²) < 4.78 is 0. The predicted octanol–water partition coefficient (Wildman–Crippen LogP) is 4.03. The van der Waals surface area contributed by atoms with Gasteiger partial charge < -0.3 is 16.0 Å². The molecule has 0 fully saturated rings. The first-order valence-electron chi connectivity index (χ1n) is 8.01. The van der Waals surface area contributed by atoms with Crippen LogP contribution >= 0.6 is 11.3 Å². The summed E-state index contributed by atoms with van der Waals surface area (Å²) in [6.45, 7) is 8.11. The number of anilines is 2. The van der Waals surface area contributed by atoms with E-state index in [1.54, 1.807) is 0 Å². The third-order valence-corrected chi connectivity index (χ3v) is 5.23. The van der Waals surface area contributed by atoms with Crippen LogP contribution in [0.15, 0.2) is 35.1 Å². The van der Waals surface area contributed by atoms with E-state index in [2.05, 4.69) is 31.1 Å². The Morgan fingerprint density at radius 3 is 2.60 bits per heavy atom. The van der Waals surface area contributed by atoms with E-state index in [1.807, 2.05) is 31.2 Å². The van der Waals surface area contributed by atoms with Gasteiger partial charge in [0.25, 0.3) is 5.91 Å². The number of nitrogens with two attached hydrogens (primary N) is 1. The zero-order valence-electron chi connectivity index (χ0n) is 14.7. The molecule has 5 nitrogen and oxygen atoms in total. The number of para-hydroxylation sites is 1. The Bertz CT molecular complexity index is 1030. The fraction of sp³-hybridized carbons (Fsp3) is 0.263. The summed E-state index contributed by atoms with van der Waals surface area (Å²) in [5.74, 6) is -0.268. The average Bonchev–Trinajstić information content (AvgIpc) is 2.83. The number of fused-ring (bicyclic) bond motifs is 1. The molecule has 0 saturated carbocycles. The molecule has 1 aromatic carbocycles. The van der Waals surface area contributed by atoms with Gasteiger partial charge in [-0.25, -0.2) is 0 Å². The van der Waals surface area contributed by atoms with Gasteiger partial charge in [-0.3, -0.25) is 9.59 Å². The van der Waals surface area contributed by atoms with Gasteiger partial charge in [-0.1, -0.05) is 39.0 Å². The number of aromatic amines is 1. The van der Waals surface area contributed by atoms with Crippen molar-refractivity contribution < 1.29 is 4.79 Å². The molecule has 6 heteroatoms. The van der Waals surface area contributed by atoms with Crippen molar-refractivity contribution in [2.24, 2.45) is 0 Å². The first-order valence-corrected chi connectivity index (χ1v) is 8.83. The quantitative estimate of drug-likeness (QED) is 0.648. The molecule has 3 aromatic rings. The lowest BCUT2D eigenvalue weighted by Gasteiger charge is -2.22. The zero-order chi connectivity index (χ0) is 18.4. The molecule has 0 saturated heterocycles. The molecule has 1 amide bonds. The lowest BCUT2D eigenvalue weighted by Crippen LogP contribution is -2.18. The smallest absolute Gasteiger partial charge is 0.267 e. The van der Waals surface area contributed by atoms with Gasteiger partial charge in [-0.2, -0.15) is 0 Å². The Balaban J connectivity index is 2.04. The van der Waals surface area contributed by atoms with Crippen molar-refractivity contribution in [3.63, 3.8) is 0 Å². The van der Waals surface area contributed by atoms with Gasteiger partial charge in [-0.05, 0) is 29.5 Å². The van der Waals surface area contributed by atoms with Crippen molar-refractivity contribution in [2.75, 3.05) is 11.1 Å². The Labute approximate surface area is 149 Å². The van der Waals surface area contributed by atoms with E-state index >= 15 is 0 Å². The Hall–Kier alpha value is -2.60. The first kappa shape index (κ1) is 17.2. The number of benzene rings is 1. The highest BCUT2D eigenvalue weighted by molar-refractivity contribution is 7.21. The molecule has 0 bridgehead atoms. The maximum absolute atomic E-state index is 12.8. The van der Waals surface area contributed by atoms with Crippen LogP contribution in [0.2, 0.25) is 0 Å². The van der Waals surface area contributed by atoms with Crippen LogP contribution in [0, 0.1) is 6.92 Å². The normalized spacial score (nSPS) is 11.7. The Morgan fingerprint density at radius 1 is 1.24 bits per heavy atom. The predicted molar refractivity (Wildman–Crippen MR) is 105 cm³/mol. The molecular weight excluding hydrogens is 334 g/mol. The number of aromatic nitrogens is 1. The second kappa shape index (κ2) is 6.04. The van der Waals surface area contributed by atoms with Gasteiger partial charge in [-0.15, -0.1) is 11.3 Å². The number of nitrogens with one attached hydrogen (secondary N) is 2. The molecule has 0 radical (unpaired) electrons. The average molecular weight is 355 g/mol. The molecule has 0 unspecified atom stereocenters. The molecule has 3 rings (SSSR count).